The fourth-order valence-corrected chi connectivity index (χ4v) is 2.49. The quantitative estimate of drug-likeness (QED) is 0.753. The van der Waals surface area contributed by atoms with Crippen molar-refractivity contribution >= 4 is 5.97 Å². The third-order valence-electron chi connectivity index (χ3n) is 3.50. The Morgan fingerprint density at radius 1 is 1.20 bits per heavy atom. The lowest BCUT2D eigenvalue weighted by molar-refractivity contribution is -0.142. The largest absolute Gasteiger partial charge is 0.481 e. The normalized spacial score (nSPS) is 28.1. The van der Waals surface area contributed by atoms with Gasteiger partial charge < -0.3 is 10.8 Å². The van der Waals surface area contributed by atoms with Crippen LogP contribution in [-0.2, 0) is 4.79 Å². The van der Waals surface area contributed by atoms with Crippen LogP contribution >= 0.6 is 0 Å². The molecule has 2 unspecified atom stereocenters. The standard InChI is InChI=1S/C12H23NO2/c13-9-3-5-10-4-1-2-6-11(8-7-10)12(14)15/h10-11H,1-9,13H2,(H,14,15). The molecule has 0 amide bonds. The third-order valence-corrected chi connectivity index (χ3v) is 3.50. The van der Waals surface area contributed by atoms with Crippen LogP contribution in [0.25, 0.3) is 0 Å². The van der Waals surface area contributed by atoms with Crippen molar-refractivity contribution in [1.29, 1.82) is 0 Å². The Morgan fingerprint density at radius 3 is 2.60 bits per heavy atom. The molecule has 1 saturated carbocycles. The minimum atomic E-state index is -0.602. The van der Waals surface area contributed by atoms with Gasteiger partial charge in [0.15, 0.2) is 0 Å². The number of rotatable bonds is 4. The van der Waals surface area contributed by atoms with Gasteiger partial charge in [0.2, 0.25) is 0 Å². The SMILES string of the molecule is NCCCC1CCCCC(C(=O)O)CC1. The summed E-state index contributed by atoms with van der Waals surface area (Å²) >= 11 is 0. The molecule has 0 aromatic carbocycles. The van der Waals surface area contributed by atoms with Gasteiger partial charge in [-0.25, -0.2) is 0 Å². The van der Waals surface area contributed by atoms with Crippen LogP contribution < -0.4 is 5.73 Å². The Kier molecular flexibility index (Phi) is 5.69. The maximum Gasteiger partial charge on any atom is 0.306 e. The maximum absolute atomic E-state index is 10.9. The zero-order chi connectivity index (χ0) is 11.1. The van der Waals surface area contributed by atoms with Crippen LogP contribution in [-0.4, -0.2) is 17.6 Å². The number of carbonyl (C=O) groups is 1. The molecule has 1 rings (SSSR count). The second-order valence-electron chi connectivity index (χ2n) is 4.69. The Morgan fingerprint density at radius 2 is 1.93 bits per heavy atom. The Bertz CT molecular complexity index is 192. The van der Waals surface area contributed by atoms with E-state index in [2.05, 4.69) is 0 Å². The molecule has 15 heavy (non-hydrogen) atoms. The van der Waals surface area contributed by atoms with Crippen LogP contribution in [0.5, 0.6) is 0 Å². The summed E-state index contributed by atoms with van der Waals surface area (Å²) in [5.74, 6) is 0.0239. The van der Waals surface area contributed by atoms with Crippen LogP contribution in [0.4, 0.5) is 0 Å². The number of carboxylic acid groups (broad SMARTS) is 1. The van der Waals surface area contributed by atoms with E-state index in [-0.39, 0.29) is 5.92 Å². The second-order valence-corrected chi connectivity index (χ2v) is 4.69. The first-order valence-corrected chi connectivity index (χ1v) is 6.17. The Hall–Kier alpha value is -0.570. The van der Waals surface area contributed by atoms with Gasteiger partial charge in [0.1, 0.15) is 0 Å². The summed E-state index contributed by atoms with van der Waals surface area (Å²) in [5.41, 5.74) is 5.50. The molecule has 0 spiro atoms. The van der Waals surface area contributed by atoms with Crippen LogP contribution in [0, 0.1) is 11.8 Å². The Balaban J connectivity index is 2.33. The van der Waals surface area contributed by atoms with E-state index in [1.807, 2.05) is 0 Å². The predicted octanol–water partition coefficient (Wildman–Crippen LogP) is 2.40. The molecule has 0 aliphatic heterocycles. The van der Waals surface area contributed by atoms with E-state index in [0.717, 1.165) is 44.6 Å². The fraction of sp³-hybridized carbons (Fsp3) is 0.917. The molecule has 0 aromatic rings. The lowest BCUT2D eigenvalue weighted by atomic mass is 9.83. The van der Waals surface area contributed by atoms with Crippen LogP contribution in [0.3, 0.4) is 0 Å². The number of hydrogen-bond acceptors (Lipinski definition) is 2. The van der Waals surface area contributed by atoms with Gasteiger partial charge in [-0.2, -0.15) is 0 Å². The summed E-state index contributed by atoms with van der Waals surface area (Å²) in [6, 6.07) is 0. The molecule has 0 heterocycles. The van der Waals surface area contributed by atoms with Gasteiger partial charge in [0.05, 0.1) is 5.92 Å². The molecular formula is C12H23NO2. The van der Waals surface area contributed by atoms with Gasteiger partial charge in [-0.05, 0) is 44.6 Å². The van der Waals surface area contributed by atoms with Gasteiger partial charge in [-0.3, -0.25) is 4.79 Å². The highest BCUT2D eigenvalue weighted by Gasteiger charge is 2.21. The number of nitrogens with two attached hydrogens (primary N) is 1. The van der Waals surface area contributed by atoms with Crippen molar-refractivity contribution in [3.63, 3.8) is 0 Å². The first-order chi connectivity index (χ1) is 7.24. The molecule has 0 aromatic heterocycles. The van der Waals surface area contributed by atoms with E-state index in [1.165, 1.54) is 19.3 Å². The van der Waals surface area contributed by atoms with Crippen LogP contribution in [0.1, 0.15) is 51.4 Å². The van der Waals surface area contributed by atoms with Crippen molar-refractivity contribution in [3.05, 3.63) is 0 Å². The highest BCUT2D eigenvalue weighted by atomic mass is 16.4. The zero-order valence-corrected chi connectivity index (χ0v) is 9.45. The zero-order valence-electron chi connectivity index (χ0n) is 9.45. The smallest absolute Gasteiger partial charge is 0.306 e. The first-order valence-electron chi connectivity index (χ1n) is 6.17. The summed E-state index contributed by atoms with van der Waals surface area (Å²) in [6.45, 7) is 0.763. The van der Waals surface area contributed by atoms with E-state index in [0.29, 0.717) is 0 Å². The van der Waals surface area contributed by atoms with Crippen molar-refractivity contribution in [2.75, 3.05) is 6.54 Å². The minimum absolute atomic E-state index is 0.0920. The van der Waals surface area contributed by atoms with E-state index in [4.69, 9.17) is 10.8 Å². The van der Waals surface area contributed by atoms with E-state index in [1.54, 1.807) is 0 Å². The van der Waals surface area contributed by atoms with Crippen molar-refractivity contribution in [1.82, 2.24) is 0 Å². The lowest BCUT2D eigenvalue weighted by Gasteiger charge is -2.22. The first kappa shape index (κ1) is 12.5. The van der Waals surface area contributed by atoms with Gasteiger partial charge >= 0.3 is 5.97 Å². The van der Waals surface area contributed by atoms with Crippen molar-refractivity contribution in [2.45, 2.75) is 51.4 Å². The molecule has 1 aliphatic carbocycles. The Labute approximate surface area is 92.0 Å². The maximum atomic E-state index is 10.9. The molecule has 1 fully saturated rings. The monoisotopic (exact) mass is 213 g/mol. The molecule has 0 bridgehead atoms. The van der Waals surface area contributed by atoms with Crippen molar-refractivity contribution in [2.24, 2.45) is 17.6 Å². The van der Waals surface area contributed by atoms with Crippen molar-refractivity contribution in [3.8, 4) is 0 Å². The van der Waals surface area contributed by atoms with E-state index >= 15 is 0 Å². The average Bonchev–Trinajstić information content (AvgIpc) is 2.16. The van der Waals surface area contributed by atoms with E-state index in [9.17, 15) is 4.79 Å². The van der Waals surface area contributed by atoms with Crippen molar-refractivity contribution < 1.29 is 9.90 Å². The predicted molar refractivity (Wildman–Crippen MR) is 60.6 cm³/mol. The van der Waals surface area contributed by atoms with Gasteiger partial charge in [-0.15, -0.1) is 0 Å². The molecule has 3 N–H and O–H groups in total. The summed E-state index contributed by atoms with van der Waals surface area (Å²) in [4.78, 5) is 10.9. The fourth-order valence-electron chi connectivity index (χ4n) is 2.49. The summed E-state index contributed by atoms with van der Waals surface area (Å²) in [5, 5.41) is 9.00. The molecular weight excluding hydrogens is 190 g/mol. The minimum Gasteiger partial charge on any atom is -0.481 e. The molecule has 1 aliphatic rings. The van der Waals surface area contributed by atoms with Crippen LogP contribution in [0.15, 0.2) is 0 Å². The molecule has 0 radical (unpaired) electrons. The second kappa shape index (κ2) is 6.83. The average molecular weight is 213 g/mol. The van der Waals surface area contributed by atoms with Gasteiger partial charge in [0, 0.05) is 0 Å². The molecule has 3 nitrogen and oxygen atoms in total. The summed E-state index contributed by atoms with van der Waals surface area (Å²) in [7, 11) is 0. The van der Waals surface area contributed by atoms with Gasteiger partial charge in [-0.1, -0.05) is 19.3 Å². The molecule has 2 atom stereocenters. The topological polar surface area (TPSA) is 63.3 Å². The van der Waals surface area contributed by atoms with Gasteiger partial charge in [0.25, 0.3) is 0 Å². The summed E-state index contributed by atoms with van der Waals surface area (Å²) in [6.07, 6.45) is 8.63. The van der Waals surface area contributed by atoms with E-state index < -0.39 is 5.97 Å². The summed E-state index contributed by atoms with van der Waals surface area (Å²) < 4.78 is 0. The van der Waals surface area contributed by atoms with Crippen LogP contribution in [0.2, 0.25) is 0 Å². The number of carboxylic acids is 1. The highest BCUT2D eigenvalue weighted by molar-refractivity contribution is 5.69. The molecule has 3 heteroatoms. The number of hydrogen-bond donors (Lipinski definition) is 2. The molecule has 0 saturated heterocycles. The number of aliphatic carboxylic acids is 1. The lowest BCUT2D eigenvalue weighted by Crippen LogP contribution is -2.18. The third kappa shape index (κ3) is 4.65. The highest BCUT2D eigenvalue weighted by Crippen LogP contribution is 2.28. The molecule has 88 valence electrons.